The van der Waals surface area contributed by atoms with Crippen molar-refractivity contribution < 1.29 is 9.53 Å². The molecule has 116 valence electrons. The molecule has 1 aromatic heterocycles. The zero-order chi connectivity index (χ0) is 15.5. The van der Waals surface area contributed by atoms with E-state index in [0.717, 1.165) is 36.3 Å². The number of benzene rings is 1. The number of amides is 1. The van der Waals surface area contributed by atoms with Gasteiger partial charge in [-0.15, -0.1) is 0 Å². The Morgan fingerprint density at radius 1 is 1.50 bits per heavy atom. The van der Waals surface area contributed by atoms with Crippen molar-refractivity contribution in [3.05, 3.63) is 41.7 Å². The van der Waals surface area contributed by atoms with E-state index in [0.29, 0.717) is 6.61 Å². The Hall–Kier alpha value is -2.14. The van der Waals surface area contributed by atoms with Crippen LogP contribution in [0, 0.1) is 6.92 Å². The van der Waals surface area contributed by atoms with Gasteiger partial charge in [-0.1, -0.05) is 19.1 Å². The molecule has 0 unspecified atom stereocenters. The lowest BCUT2D eigenvalue weighted by Gasteiger charge is -2.12. The molecular weight excluding hydrogens is 278 g/mol. The Morgan fingerprint density at radius 3 is 3.05 bits per heavy atom. The van der Waals surface area contributed by atoms with Gasteiger partial charge in [0.15, 0.2) is 0 Å². The van der Waals surface area contributed by atoms with Crippen molar-refractivity contribution in [2.75, 3.05) is 11.9 Å². The van der Waals surface area contributed by atoms with Crippen LogP contribution in [0.25, 0.3) is 5.69 Å². The van der Waals surface area contributed by atoms with E-state index in [2.05, 4.69) is 36.4 Å². The van der Waals surface area contributed by atoms with Crippen LogP contribution >= 0.6 is 0 Å². The molecular formula is C17H21N3O2. The standard InChI is InChI=1S/C17H21N3O2/c1-3-15-14(19-17(21)16-8-5-9-22-16)11-18-20(15)13-7-4-6-12(2)10-13/h4,6-7,10-11,16H,3,5,8-9H2,1-2H3,(H,19,21)/t16-/m0/s1. The number of ether oxygens (including phenoxy) is 1. The number of hydrogen-bond acceptors (Lipinski definition) is 3. The third-order valence-electron chi connectivity index (χ3n) is 3.93. The van der Waals surface area contributed by atoms with Crippen molar-refractivity contribution in [2.24, 2.45) is 0 Å². The maximum atomic E-state index is 12.2. The second-order valence-electron chi connectivity index (χ2n) is 5.60. The number of rotatable bonds is 4. The highest BCUT2D eigenvalue weighted by Crippen LogP contribution is 2.22. The number of nitrogens with one attached hydrogen (secondary N) is 1. The second-order valence-corrected chi connectivity index (χ2v) is 5.60. The van der Waals surface area contributed by atoms with Gasteiger partial charge in [0, 0.05) is 6.61 Å². The number of aromatic nitrogens is 2. The summed E-state index contributed by atoms with van der Waals surface area (Å²) in [5.41, 5.74) is 3.95. The van der Waals surface area contributed by atoms with E-state index in [9.17, 15) is 4.79 Å². The molecule has 1 N–H and O–H groups in total. The SMILES string of the molecule is CCc1c(NC(=O)[C@@H]2CCCO2)cnn1-c1cccc(C)c1. The van der Waals surface area contributed by atoms with Gasteiger partial charge >= 0.3 is 0 Å². The molecule has 0 spiro atoms. The topological polar surface area (TPSA) is 56.1 Å². The first kappa shape index (κ1) is 14.8. The molecule has 1 fully saturated rings. The summed E-state index contributed by atoms with van der Waals surface area (Å²) in [4.78, 5) is 12.2. The third kappa shape index (κ3) is 2.90. The second kappa shape index (κ2) is 6.32. The van der Waals surface area contributed by atoms with Crippen LogP contribution < -0.4 is 5.32 Å². The minimum atomic E-state index is -0.327. The van der Waals surface area contributed by atoms with Crippen LogP contribution in [0.5, 0.6) is 0 Å². The van der Waals surface area contributed by atoms with Gasteiger partial charge in [0.05, 0.1) is 23.3 Å². The molecule has 1 atom stereocenters. The molecule has 1 saturated heterocycles. The van der Waals surface area contributed by atoms with Crippen LogP contribution in [0.15, 0.2) is 30.5 Å². The van der Waals surface area contributed by atoms with E-state index in [1.54, 1.807) is 6.20 Å². The molecule has 3 rings (SSSR count). The summed E-state index contributed by atoms with van der Waals surface area (Å²) in [5.74, 6) is -0.0732. The van der Waals surface area contributed by atoms with Gasteiger partial charge in [-0.05, 0) is 43.9 Å². The lowest BCUT2D eigenvalue weighted by molar-refractivity contribution is -0.124. The summed E-state index contributed by atoms with van der Waals surface area (Å²) in [6, 6.07) is 8.16. The number of nitrogens with zero attached hydrogens (tertiary/aromatic N) is 2. The summed E-state index contributed by atoms with van der Waals surface area (Å²) in [6.45, 7) is 4.78. The third-order valence-corrected chi connectivity index (χ3v) is 3.93. The van der Waals surface area contributed by atoms with Gasteiger partial charge in [-0.25, -0.2) is 4.68 Å². The van der Waals surface area contributed by atoms with Crippen LogP contribution in [-0.2, 0) is 16.0 Å². The van der Waals surface area contributed by atoms with Crippen molar-refractivity contribution in [3.8, 4) is 5.69 Å². The Labute approximate surface area is 130 Å². The van der Waals surface area contributed by atoms with Crippen LogP contribution in [0.1, 0.15) is 31.0 Å². The number of carbonyl (C=O) groups excluding carboxylic acids is 1. The minimum Gasteiger partial charge on any atom is -0.368 e. The van der Waals surface area contributed by atoms with Crippen LogP contribution in [0.3, 0.4) is 0 Å². The highest BCUT2D eigenvalue weighted by molar-refractivity contribution is 5.94. The fourth-order valence-electron chi connectivity index (χ4n) is 2.80. The Bertz CT molecular complexity index is 672. The van der Waals surface area contributed by atoms with Gasteiger partial charge in [0.2, 0.25) is 0 Å². The molecule has 5 nitrogen and oxygen atoms in total. The van der Waals surface area contributed by atoms with Crippen molar-refractivity contribution in [2.45, 2.75) is 39.2 Å². The van der Waals surface area contributed by atoms with Gasteiger partial charge < -0.3 is 10.1 Å². The highest BCUT2D eigenvalue weighted by atomic mass is 16.5. The number of hydrogen-bond donors (Lipinski definition) is 1. The fourth-order valence-corrected chi connectivity index (χ4v) is 2.80. The lowest BCUT2D eigenvalue weighted by Crippen LogP contribution is -2.27. The Morgan fingerprint density at radius 2 is 2.36 bits per heavy atom. The summed E-state index contributed by atoms with van der Waals surface area (Å²) in [7, 11) is 0. The monoisotopic (exact) mass is 299 g/mol. The largest absolute Gasteiger partial charge is 0.368 e. The predicted molar refractivity (Wildman–Crippen MR) is 85.3 cm³/mol. The van der Waals surface area contributed by atoms with Crippen molar-refractivity contribution in [1.29, 1.82) is 0 Å². The van der Waals surface area contributed by atoms with Gasteiger partial charge in [-0.3, -0.25) is 4.79 Å². The van der Waals surface area contributed by atoms with Crippen LogP contribution in [0.4, 0.5) is 5.69 Å². The van der Waals surface area contributed by atoms with Crippen LogP contribution in [0.2, 0.25) is 0 Å². The van der Waals surface area contributed by atoms with E-state index >= 15 is 0 Å². The van der Waals surface area contributed by atoms with E-state index in [1.165, 1.54) is 5.56 Å². The molecule has 5 heteroatoms. The molecule has 1 aliphatic rings. The molecule has 2 heterocycles. The van der Waals surface area contributed by atoms with E-state index in [1.807, 2.05) is 16.8 Å². The fraction of sp³-hybridized carbons (Fsp3) is 0.412. The van der Waals surface area contributed by atoms with Gasteiger partial charge in [0.1, 0.15) is 6.10 Å². The Balaban J connectivity index is 1.85. The first-order chi connectivity index (χ1) is 10.7. The normalized spacial score (nSPS) is 17.6. The average molecular weight is 299 g/mol. The quantitative estimate of drug-likeness (QED) is 0.944. The molecule has 0 aliphatic carbocycles. The molecule has 0 bridgehead atoms. The first-order valence-electron chi connectivity index (χ1n) is 7.75. The smallest absolute Gasteiger partial charge is 0.253 e. The zero-order valence-corrected chi connectivity index (χ0v) is 13.0. The van der Waals surface area contributed by atoms with Crippen LogP contribution in [-0.4, -0.2) is 28.4 Å². The van der Waals surface area contributed by atoms with Gasteiger partial charge in [-0.2, -0.15) is 5.10 Å². The van der Waals surface area contributed by atoms with E-state index < -0.39 is 0 Å². The highest BCUT2D eigenvalue weighted by Gasteiger charge is 2.25. The lowest BCUT2D eigenvalue weighted by atomic mass is 10.2. The summed E-state index contributed by atoms with van der Waals surface area (Å²) in [5, 5.41) is 7.40. The van der Waals surface area contributed by atoms with E-state index in [4.69, 9.17) is 4.74 Å². The number of anilines is 1. The summed E-state index contributed by atoms with van der Waals surface area (Å²) in [6.07, 6.45) is 3.91. The molecule has 22 heavy (non-hydrogen) atoms. The molecule has 2 aromatic rings. The minimum absolute atomic E-state index is 0.0732. The van der Waals surface area contributed by atoms with Crippen molar-refractivity contribution in [1.82, 2.24) is 9.78 Å². The van der Waals surface area contributed by atoms with E-state index in [-0.39, 0.29) is 12.0 Å². The number of aryl methyl sites for hydroxylation is 1. The van der Waals surface area contributed by atoms with Crippen molar-refractivity contribution >= 4 is 11.6 Å². The maximum absolute atomic E-state index is 12.2. The summed E-state index contributed by atoms with van der Waals surface area (Å²) < 4.78 is 7.32. The van der Waals surface area contributed by atoms with Crippen molar-refractivity contribution in [3.63, 3.8) is 0 Å². The Kier molecular flexibility index (Phi) is 4.24. The zero-order valence-electron chi connectivity index (χ0n) is 13.0. The molecule has 1 aliphatic heterocycles. The predicted octanol–water partition coefficient (Wildman–Crippen LogP) is 2.86. The molecule has 0 saturated carbocycles. The maximum Gasteiger partial charge on any atom is 0.253 e. The molecule has 1 amide bonds. The first-order valence-corrected chi connectivity index (χ1v) is 7.75. The average Bonchev–Trinajstić information content (AvgIpc) is 3.16. The van der Waals surface area contributed by atoms with Gasteiger partial charge in [0.25, 0.3) is 5.91 Å². The molecule has 0 radical (unpaired) electrons. The summed E-state index contributed by atoms with van der Waals surface area (Å²) >= 11 is 0. The molecule has 1 aromatic carbocycles. The number of carbonyl (C=O) groups is 1.